The van der Waals surface area contributed by atoms with Crippen molar-refractivity contribution in [3.8, 4) is 11.5 Å². The molecule has 2 N–H and O–H groups in total. The van der Waals surface area contributed by atoms with Gasteiger partial charge in [-0.3, -0.25) is 4.79 Å². The summed E-state index contributed by atoms with van der Waals surface area (Å²) in [7, 11) is 1.86. The Bertz CT molecular complexity index is 524. The van der Waals surface area contributed by atoms with Gasteiger partial charge in [-0.15, -0.1) is 0 Å². The average molecular weight is 290 g/mol. The first-order valence-electron chi connectivity index (χ1n) is 7.52. The van der Waals surface area contributed by atoms with Crippen LogP contribution in [0.25, 0.3) is 0 Å². The SMILES string of the molecule is CN(Cc1ccc2c(c1)OCO2)C(=O)C1CCC(N)CC1. The third-order valence-electron chi connectivity index (χ3n) is 4.35. The molecule has 1 aliphatic heterocycles. The lowest BCUT2D eigenvalue weighted by atomic mass is 9.85. The number of ether oxygens (including phenoxy) is 2. The Kier molecular flexibility index (Phi) is 4.01. The van der Waals surface area contributed by atoms with Gasteiger partial charge in [-0.2, -0.15) is 0 Å². The topological polar surface area (TPSA) is 64.8 Å². The molecule has 1 amide bonds. The molecule has 1 aliphatic carbocycles. The van der Waals surface area contributed by atoms with E-state index in [1.54, 1.807) is 4.90 Å². The Morgan fingerprint density at radius 1 is 1.24 bits per heavy atom. The zero-order valence-electron chi connectivity index (χ0n) is 12.4. The van der Waals surface area contributed by atoms with Crippen LogP contribution in [-0.4, -0.2) is 30.7 Å². The summed E-state index contributed by atoms with van der Waals surface area (Å²) in [6, 6.07) is 6.10. The van der Waals surface area contributed by atoms with Gasteiger partial charge >= 0.3 is 0 Å². The van der Waals surface area contributed by atoms with Gasteiger partial charge < -0.3 is 20.1 Å². The van der Waals surface area contributed by atoms with Gasteiger partial charge in [0.25, 0.3) is 0 Å². The predicted molar refractivity (Wildman–Crippen MR) is 79.0 cm³/mol. The standard InChI is InChI=1S/C16H22N2O3/c1-18(16(19)12-3-5-13(17)6-4-12)9-11-2-7-14-15(8-11)21-10-20-14/h2,7-8,12-13H,3-6,9-10,17H2,1H3. The molecule has 1 aromatic rings. The molecular weight excluding hydrogens is 268 g/mol. The van der Waals surface area contributed by atoms with E-state index in [9.17, 15) is 4.79 Å². The molecule has 0 unspecified atom stereocenters. The summed E-state index contributed by atoms with van der Waals surface area (Å²) < 4.78 is 10.7. The maximum atomic E-state index is 12.5. The van der Waals surface area contributed by atoms with E-state index in [2.05, 4.69) is 0 Å². The summed E-state index contributed by atoms with van der Waals surface area (Å²) in [6.45, 7) is 0.869. The van der Waals surface area contributed by atoms with Crippen molar-refractivity contribution in [2.45, 2.75) is 38.3 Å². The molecule has 1 heterocycles. The Labute approximate surface area is 125 Å². The molecule has 21 heavy (non-hydrogen) atoms. The second-order valence-corrected chi connectivity index (χ2v) is 5.99. The molecule has 0 aromatic heterocycles. The molecule has 1 fully saturated rings. The molecule has 5 nitrogen and oxygen atoms in total. The fourth-order valence-electron chi connectivity index (χ4n) is 3.07. The number of hydrogen-bond acceptors (Lipinski definition) is 4. The molecule has 114 valence electrons. The van der Waals surface area contributed by atoms with Crippen molar-refractivity contribution in [2.75, 3.05) is 13.8 Å². The number of carbonyl (C=O) groups excluding carboxylic acids is 1. The summed E-state index contributed by atoms with van der Waals surface area (Å²) in [6.07, 6.45) is 3.72. The minimum absolute atomic E-state index is 0.129. The maximum Gasteiger partial charge on any atom is 0.231 e. The van der Waals surface area contributed by atoms with Crippen molar-refractivity contribution in [3.05, 3.63) is 23.8 Å². The number of benzene rings is 1. The first-order valence-corrected chi connectivity index (χ1v) is 7.52. The molecule has 1 aromatic carbocycles. The van der Waals surface area contributed by atoms with Crippen LogP contribution in [0.3, 0.4) is 0 Å². The molecule has 0 atom stereocenters. The van der Waals surface area contributed by atoms with Crippen LogP contribution in [0.15, 0.2) is 18.2 Å². The normalized spacial score (nSPS) is 23.9. The predicted octanol–water partition coefficient (Wildman–Crippen LogP) is 1.89. The Morgan fingerprint density at radius 3 is 2.71 bits per heavy atom. The molecule has 1 saturated carbocycles. The van der Waals surface area contributed by atoms with Crippen molar-refractivity contribution in [3.63, 3.8) is 0 Å². The quantitative estimate of drug-likeness (QED) is 0.923. The summed E-state index contributed by atoms with van der Waals surface area (Å²) in [5.74, 6) is 1.88. The largest absolute Gasteiger partial charge is 0.454 e. The lowest BCUT2D eigenvalue weighted by molar-refractivity contribution is -0.135. The van der Waals surface area contributed by atoms with Gasteiger partial charge in [0.2, 0.25) is 12.7 Å². The second kappa shape index (κ2) is 5.93. The number of carbonyl (C=O) groups is 1. The van der Waals surface area contributed by atoms with Crippen molar-refractivity contribution in [2.24, 2.45) is 11.7 Å². The highest BCUT2D eigenvalue weighted by Crippen LogP contribution is 2.33. The molecule has 2 aliphatic rings. The van der Waals surface area contributed by atoms with Crippen molar-refractivity contribution in [1.29, 1.82) is 0 Å². The first kappa shape index (κ1) is 14.2. The average Bonchev–Trinajstić information content (AvgIpc) is 2.95. The molecule has 3 rings (SSSR count). The molecular formula is C16H22N2O3. The van der Waals surface area contributed by atoms with E-state index in [-0.39, 0.29) is 24.7 Å². The van der Waals surface area contributed by atoms with Gasteiger partial charge in [0, 0.05) is 25.6 Å². The fourth-order valence-corrected chi connectivity index (χ4v) is 3.07. The van der Waals surface area contributed by atoms with E-state index in [0.717, 1.165) is 42.7 Å². The lowest BCUT2D eigenvalue weighted by Gasteiger charge is -2.29. The van der Waals surface area contributed by atoms with Gasteiger partial charge in [-0.25, -0.2) is 0 Å². The van der Waals surface area contributed by atoms with Gasteiger partial charge in [0.1, 0.15) is 0 Å². The smallest absolute Gasteiger partial charge is 0.231 e. The molecule has 0 radical (unpaired) electrons. The van der Waals surface area contributed by atoms with Crippen molar-refractivity contribution < 1.29 is 14.3 Å². The number of amides is 1. The number of nitrogens with zero attached hydrogens (tertiary/aromatic N) is 1. The third kappa shape index (κ3) is 3.13. The molecule has 5 heteroatoms. The summed E-state index contributed by atoms with van der Waals surface area (Å²) >= 11 is 0. The lowest BCUT2D eigenvalue weighted by Crippen LogP contribution is -2.37. The van der Waals surface area contributed by atoms with Crippen LogP contribution in [-0.2, 0) is 11.3 Å². The van der Waals surface area contributed by atoms with Crippen LogP contribution in [0.1, 0.15) is 31.2 Å². The minimum atomic E-state index is 0.129. The van der Waals surface area contributed by atoms with E-state index in [1.807, 2.05) is 25.2 Å². The van der Waals surface area contributed by atoms with Crippen LogP contribution in [0, 0.1) is 5.92 Å². The zero-order chi connectivity index (χ0) is 14.8. The Balaban J connectivity index is 1.60. The molecule has 0 spiro atoms. The highest BCUT2D eigenvalue weighted by molar-refractivity contribution is 5.78. The highest BCUT2D eigenvalue weighted by Gasteiger charge is 2.27. The number of nitrogens with two attached hydrogens (primary N) is 1. The van der Waals surface area contributed by atoms with E-state index >= 15 is 0 Å². The number of rotatable bonds is 3. The van der Waals surface area contributed by atoms with E-state index < -0.39 is 0 Å². The minimum Gasteiger partial charge on any atom is -0.454 e. The van der Waals surface area contributed by atoms with Gasteiger partial charge in [0.05, 0.1) is 0 Å². The second-order valence-electron chi connectivity index (χ2n) is 5.99. The van der Waals surface area contributed by atoms with Crippen LogP contribution >= 0.6 is 0 Å². The van der Waals surface area contributed by atoms with Crippen molar-refractivity contribution >= 4 is 5.91 Å². The van der Waals surface area contributed by atoms with Crippen LogP contribution < -0.4 is 15.2 Å². The highest BCUT2D eigenvalue weighted by atomic mass is 16.7. The Morgan fingerprint density at radius 2 is 1.95 bits per heavy atom. The summed E-state index contributed by atoms with van der Waals surface area (Å²) in [4.78, 5) is 14.3. The number of fused-ring (bicyclic) bond motifs is 1. The number of hydrogen-bond donors (Lipinski definition) is 1. The van der Waals surface area contributed by atoms with E-state index in [4.69, 9.17) is 15.2 Å². The van der Waals surface area contributed by atoms with Crippen molar-refractivity contribution in [1.82, 2.24) is 4.90 Å². The van der Waals surface area contributed by atoms with Crippen LogP contribution in [0.5, 0.6) is 11.5 Å². The molecule has 0 saturated heterocycles. The third-order valence-corrected chi connectivity index (χ3v) is 4.35. The Hall–Kier alpha value is -1.75. The summed E-state index contributed by atoms with van der Waals surface area (Å²) in [5, 5.41) is 0. The monoisotopic (exact) mass is 290 g/mol. The van der Waals surface area contributed by atoms with Crippen LogP contribution in [0.4, 0.5) is 0 Å². The first-order chi connectivity index (χ1) is 10.1. The van der Waals surface area contributed by atoms with Crippen LogP contribution in [0.2, 0.25) is 0 Å². The summed E-state index contributed by atoms with van der Waals surface area (Å²) in [5.41, 5.74) is 6.96. The fraction of sp³-hybridized carbons (Fsp3) is 0.562. The van der Waals surface area contributed by atoms with E-state index in [0.29, 0.717) is 6.54 Å². The molecule has 0 bridgehead atoms. The van der Waals surface area contributed by atoms with Gasteiger partial charge in [0.15, 0.2) is 11.5 Å². The van der Waals surface area contributed by atoms with Gasteiger partial charge in [-0.1, -0.05) is 6.07 Å². The van der Waals surface area contributed by atoms with Gasteiger partial charge in [-0.05, 0) is 43.4 Å². The van der Waals surface area contributed by atoms with E-state index in [1.165, 1.54) is 0 Å². The maximum absolute atomic E-state index is 12.5. The zero-order valence-corrected chi connectivity index (χ0v) is 12.4.